The highest BCUT2D eigenvalue weighted by atomic mass is 16.5. The van der Waals surface area contributed by atoms with E-state index in [-0.39, 0.29) is 5.91 Å². The lowest BCUT2D eigenvalue weighted by molar-refractivity contribution is 0.0947. The summed E-state index contributed by atoms with van der Waals surface area (Å²) in [5.41, 5.74) is 3.34. The Bertz CT molecular complexity index is 949. The highest BCUT2D eigenvalue weighted by molar-refractivity contribution is 5.95. The average Bonchev–Trinajstić information content (AvgIpc) is 3.46. The first-order valence-corrected chi connectivity index (χ1v) is 9.64. The molecule has 0 saturated carbocycles. The maximum absolute atomic E-state index is 12.5. The number of rotatable bonds is 6. The van der Waals surface area contributed by atoms with E-state index in [1.54, 1.807) is 18.3 Å². The van der Waals surface area contributed by atoms with Crippen LogP contribution in [0.15, 0.2) is 47.1 Å². The van der Waals surface area contributed by atoms with Gasteiger partial charge in [0.2, 0.25) is 5.95 Å². The zero-order valence-electron chi connectivity index (χ0n) is 15.9. The molecule has 28 heavy (non-hydrogen) atoms. The van der Waals surface area contributed by atoms with Gasteiger partial charge in [-0.1, -0.05) is 24.2 Å². The van der Waals surface area contributed by atoms with Crippen molar-refractivity contribution in [2.45, 2.75) is 32.7 Å². The Morgan fingerprint density at radius 2 is 2.04 bits per heavy atom. The molecule has 0 aliphatic carbocycles. The Morgan fingerprint density at radius 1 is 1.18 bits per heavy atom. The molecular weight excluding hydrogens is 354 g/mol. The van der Waals surface area contributed by atoms with E-state index >= 15 is 0 Å². The van der Waals surface area contributed by atoms with Gasteiger partial charge < -0.3 is 14.7 Å². The number of hydrogen-bond acceptors (Lipinski definition) is 6. The van der Waals surface area contributed by atoms with Crippen molar-refractivity contribution in [1.82, 2.24) is 20.4 Å². The lowest BCUT2D eigenvalue weighted by atomic mass is 10.1. The van der Waals surface area contributed by atoms with Crippen LogP contribution in [0.25, 0.3) is 11.3 Å². The Labute approximate surface area is 163 Å². The maximum atomic E-state index is 12.5. The van der Waals surface area contributed by atoms with Gasteiger partial charge in [0.1, 0.15) is 0 Å². The molecule has 144 valence electrons. The van der Waals surface area contributed by atoms with Gasteiger partial charge in [-0.25, -0.2) is 9.97 Å². The molecule has 0 unspecified atom stereocenters. The van der Waals surface area contributed by atoms with Crippen LogP contribution in [0, 0.1) is 0 Å². The van der Waals surface area contributed by atoms with E-state index in [0.717, 1.165) is 42.4 Å². The third-order valence-corrected chi connectivity index (χ3v) is 4.85. The van der Waals surface area contributed by atoms with E-state index in [2.05, 4.69) is 22.3 Å². The van der Waals surface area contributed by atoms with Crippen molar-refractivity contribution in [1.29, 1.82) is 0 Å². The van der Waals surface area contributed by atoms with Gasteiger partial charge in [0.25, 0.3) is 5.91 Å². The van der Waals surface area contributed by atoms with Gasteiger partial charge in [-0.3, -0.25) is 4.79 Å². The Balaban J connectivity index is 1.58. The smallest absolute Gasteiger partial charge is 0.251 e. The first kappa shape index (κ1) is 18.2. The number of nitrogens with zero attached hydrogens (tertiary/aromatic N) is 4. The molecule has 0 bridgehead atoms. The van der Waals surface area contributed by atoms with E-state index in [4.69, 9.17) is 14.5 Å². The fraction of sp³-hybridized carbons (Fsp3) is 0.333. The van der Waals surface area contributed by atoms with Gasteiger partial charge in [-0.2, -0.15) is 0 Å². The van der Waals surface area contributed by atoms with Crippen LogP contribution in [0.2, 0.25) is 0 Å². The van der Waals surface area contributed by atoms with E-state index < -0.39 is 0 Å². The van der Waals surface area contributed by atoms with Crippen molar-refractivity contribution in [3.8, 4) is 11.3 Å². The van der Waals surface area contributed by atoms with E-state index in [1.807, 2.05) is 24.3 Å². The molecule has 3 aromatic rings. The van der Waals surface area contributed by atoms with Crippen LogP contribution in [0.3, 0.4) is 0 Å². The van der Waals surface area contributed by atoms with Gasteiger partial charge in [0.15, 0.2) is 5.76 Å². The summed E-state index contributed by atoms with van der Waals surface area (Å²) in [7, 11) is 0. The monoisotopic (exact) mass is 377 g/mol. The van der Waals surface area contributed by atoms with Crippen molar-refractivity contribution in [2.24, 2.45) is 0 Å². The van der Waals surface area contributed by atoms with Crippen LogP contribution >= 0.6 is 0 Å². The zero-order chi connectivity index (χ0) is 19.3. The average molecular weight is 377 g/mol. The number of benzene rings is 1. The lowest BCUT2D eigenvalue weighted by Gasteiger charge is -2.17. The van der Waals surface area contributed by atoms with E-state index in [1.165, 1.54) is 12.8 Å². The van der Waals surface area contributed by atoms with Crippen LogP contribution in [0.1, 0.15) is 41.6 Å². The molecule has 1 fully saturated rings. The molecule has 1 saturated heterocycles. The molecule has 1 amide bonds. The molecule has 7 heteroatoms. The summed E-state index contributed by atoms with van der Waals surface area (Å²) >= 11 is 0. The fourth-order valence-electron chi connectivity index (χ4n) is 3.29. The standard InChI is InChI=1S/C21H23N5O2/c1-2-17-13-19(25-21(24-17)26-10-3-4-11-26)15-6-5-7-16(12-15)20(27)22-14-18-8-9-23-28-18/h5-9,12-13H,2-4,10-11,14H2,1H3,(H,22,27). The lowest BCUT2D eigenvalue weighted by Crippen LogP contribution is -2.22. The maximum Gasteiger partial charge on any atom is 0.251 e. The van der Waals surface area contributed by atoms with Crippen LogP contribution in [-0.4, -0.2) is 34.1 Å². The van der Waals surface area contributed by atoms with Crippen molar-refractivity contribution in [3.63, 3.8) is 0 Å². The quantitative estimate of drug-likeness (QED) is 0.710. The van der Waals surface area contributed by atoms with Gasteiger partial charge >= 0.3 is 0 Å². The number of aryl methyl sites for hydroxylation is 1. The van der Waals surface area contributed by atoms with E-state index in [9.17, 15) is 4.79 Å². The molecular formula is C21H23N5O2. The van der Waals surface area contributed by atoms with Gasteiger partial charge in [0, 0.05) is 36.0 Å². The van der Waals surface area contributed by atoms with Crippen LogP contribution < -0.4 is 10.2 Å². The summed E-state index contributed by atoms with van der Waals surface area (Å²) in [6, 6.07) is 11.2. The number of carbonyl (C=O) groups is 1. The molecule has 7 nitrogen and oxygen atoms in total. The minimum Gasteiger partial charge on any atom is -0.360 e. The Morgan fingerprint density at radius 3 is 2.79 bits per heavy atom. The van der Waals surface area contributed by atoms with E-state index in [0.29, 0.717) is 17.9 Å². The SMILES string of the molecule is CCc1cc(-c2cccc(C(=O)NCc3ccno3)c2)nc(N2CCCC2)n1. The highest BCUT2D eigenvalue weighted by Gasteiger charge is 2.17. The highest BCUT2D eigenvalue weighted by Crippen LogP contribution is 2.24. The minimum absolute atomic E-state index is 0.164. The predicted molar refractivity (Wildman–Crippen MR) is 106 cm³/mol. The molecule has 1 aromatic carbocycles. The molecule has 1 aliphatic heterocycles. The number of anilines is 1. The first-order chi connectivity index (χ1) is 13.7. The van der Waals surface area contributed by atoms with Crippen LogP contribution in [0.4, 0.5) is 5.95 Å². The molecule has 1 aliphatic rings. The van der Waals surface area contributed by atoms with Crippen molar-refractivity contribution >= 4 is 11.9 Å². The topological polar surface area (TPSA) is 84.2 Å². The molecule has 3 heterocycles. The minimum atomic E-state index is -0.164. The second-order valence-electron chi connectivity index (χ2n) is 6.83. The number of carbonyl (C=O) groups excluding carboxylic acids is 1. The predicted octanol–water partition coefficient (Wildman–Crippen LogP) is 3.22. The fourth-order valence-corrected chi connectivity index (χ4v) is 3.29. The van der Waals surface area contributed by atoms with Crippen molar-refractivity contribution in [3.05, 3.63) is 59.6 Å². The summed E-state index contributed by atoms with van der Waals surface area (Å²) in [4.78, 5) is 24.2. The molecule has 0 spiro atoms. The first-order valence-electron chi connectivity index (χ1n) is 9.64. The number of aromatic nitrogens is 3. The summed E-state index contributed by atoms with van der Waals surface area (Å²) in [6.45, 7) is 4.39. The summed E-state index contributed by atoms with van der Waals surface area (Å²) < 4.78 is 5.01. The van der Waals surface area contributed by atoms with Crippen molar-refractivity contribution < 1.29 is 9.32 Å². The molecule has 2 aromatic heterocycles. The Kier molecular flexibility index (Phi) is 5.32. The second kappa shape index (κ2) is 8.21. The number of amides is 1. The number of hydrogen-bond donors (Lipinski definition) is 1. The van der Waals surface area contributed by atoms with Crippen LogP contribution in [-0.2, 0) is 13.0 Å². The molecule has 0 radical (unpaired) electrons. The summed E-state index contributed by atoms with van der Waals surface area (Å²) in [6.07, 6.45) is 4.75. The van der Waals surface area contributed by atoms with Crippen LogP contribution in [0.5, 0.6) is 0 Å². The Hall–Kier alpha value is -3.22. The normalized spacial score (nSPS) is 13.7. The second-order valence-corrected chi connectivity index (χ2v) is 6.83. The third kappa shape index (κ3) is 4.03. The molecule has 4 rings (SSSR count). The molecule has 1 N–H and O–H groups in total. The number of nitrogens with one attached hydrogen (secondary N) is 1. The van der Waals surface area contributed by atoms with Crippen molar-refractivity contribution in [2.75, 3.05) is 18.0 Å². The molecule has 0 atom stereocenters. The zero-order valence-corrected chi connectivity index (χ0v) is 15.9. The third-order valence-electron chi connectivity index (χ3n) is 4.85. The largest absolute Gasteiger partial charge is 0.360 e. The van der Waals surface area contributed by atoms with Gasteiger partial charge in [-0.15, -0.1) is 0 Å². The summed E-state index contributed by atoms with van der Waals surface area (Å²) in [5.74, 6) is 1.23. The van der Waals surface area contributed by atoms with Gasteiger partial charge in [-0.05, 0) is 37.5 Å². The van der Waals surface area contributed by atoms with Gasteiger partial charge in [0.05, 0.1) is 18.4 Å². The summed E-state index contributed by atoms with van der Waals surface area (Å²) in [5, 5.41) is 6.48.